The van der Waals surface area contributed by atoms with Gasteiger partial charge in [0.2, 0.25) is 10.0 Å². The number of aliphatic hydroxyl groups excluding tert-OH is 1. The zero-order valence-corrected chi connectivity index (χ0v) is 13.6. The van der Waals surface area contributed by atoms with Crippen LogP contribution in [-0.2, 0) is 10.0 Å². The average molecular weight is 328 g/mol. The van der Waals surface area contributed by atoms with E-state index in [1.165, 1.54) is 16.4 Å². The van der Waals surface area contributed by atoms with Crippen molar-refractivity contribution in [1.29, 1.82) is 0 Å². The van der Waals surface area contributed by atoms with Gasteiger partial charge in [-0.2, -0.15) is 4.31 Å². The molecule has 1 aromatic carbocycles. The van der Waals surface area contributed by atoms with Crippen molar-refractivity contribution in [3.8, 4) is 11.8 Å². The standard InChI is InChI=1S/C15H18ClNO3S/c1-11(13-6-7-13)17(2)21(19,20)15-8-5-12(4-3-9-18)10-14(15)16/h5,8,10-11,13,18H,6-7,9H2,1-2H3. The number of sulfonamides is 1. The summed E-state index contributed by atoms with van der Waals surface area (Å²) in [5.74, 6) is 5.65. The molecule has 0 aliphatic heterocycles. The SMILES string of the molecule is CC(C1CC1)N(C)S(=O)(=O)c1ccc(C#CCO)cc1Cl. The molecule has 0 aromatic heterocycles. The number of nitrogens with zero attached hydrogens (tertiary/aromatic N) is 1. The minimum Gasteiger partial charge on any atom is -0.384 e. The van der Waals surface area contributed by atoms with Gasteiger partial charge in [-0.25, -0.2) is 8.42 Å². The van der Waals surface area contributed by atoms with E-state index < -0.39 is 10.0 Å². The van der Waals surface area contributed by atoms with E-state index in [4.69, 9.17) is 16.7 Å². The zero-order chi connectivity index (χ0) is 15.6. The van der Waals surface area contributed by atoms with Gasteiger partial charge in [0.05, 0.1) is 5.02 Å². The van der Waals surface area contributed by atoms with Crippen LogP contribution in [0.2, 0.25) is 5.02 Å². The Kier molecular flexibility index (Phi) is 4.95. The molecular formula is C15H18ClNO3S. The van der Waals surface area contributed by atoms with E-state index in [9.17, 15) is 8.42 Å². The first-order chi connectivity index (χ1) is 9.87. The Morgan fingerprint density at radius 1 is 1.48 bits per heavy atom. The Morgan fingerprint density at radius 3 is 2.67 bits per heavy atom. The fourth-order valence-electron chi connectivity index (χ4n) is 2.18. The van der Waals surface area contributed by atoms with Crippen molar-refractivity contribution in [3.05, 3.63) is 28.8 Å². The normalized spacial score (nSPS) is 16.4. The Labute approximate surface area is 130 Å². The number of hydrogen-bond donors (Lipinski definition) is 1. The molecule has 2 rings (SSSR count). The van der Waals surface area contributed by atoms with Crippen molar-refractivity contribution in [2.24, 2.45) is 5.92 Å². The van der Waals surface area contributed by atoms with Crippen LogP contribution >= 0.6 is 11.6 Å². The topological polar surface area (TPSA) is 57.6 Å². The summed E-state index contributed by atoms with van der Waals surface area (Å²) in [4.78, 5) is 0.0914. The lowest BCUT2D eigenvalue weighted by atomic mass is 10.2. The van der Waals surface area contributed by atoms with Gasteiger partial charge >= 0.3 is 0 Å². The van der Waals surface area contributed by atoms with Gasteiger partial charge in [0.1, 0.15) is 11.5 Å². The highest BCUT2D eigenvalue weighted by molar-refractivity contribution is 7.89. The Balaban J connectivity index is 2.31. The summed E-state index contributed by atoms with van der Waals surface area (Å²) in [6, 6.07) is 4.54. The fourth-order valence-corrected chi connectivity index (χ4v) is 4.12. The Bertz CT molecular complexity index is 687. The lowest BCUT2D eigenvalue weighted by molar-refractivity contribution is 0.350. The van der Waals surface area contributed by atoms with Crippen LogP contribution in [0.4, 0.5) is 0 Å². The van der Waals surface area contributed by atoms with Crippen molar-refractivity contribution in [1.82, 2.24) is 4.31 Å². The van der Waals surface area contributed by atoms with Gasteiger partial charge in [-0.05, 0) is 43.9 Å². The van der Waals surface area contributed by atoms with E-state index in [1.54, 1.807) is 13.1 Å². The van der Waals surface area contributed by atoms with E-state index in [0.717, 1.165) is 12.8 Å². The number of halogens is 1. The molecule has 0 spiro atoms. The van der Waals surface area contributed by atoms with Gasteiger partial charge in [0.25, 0.3) is 0 Å². The summed E-state index contributed by atoms with van der Waals surface area (Å²) >= 11 is 6.10. The molecule has 1 aliphatic rings. The highest BCUT2D eigenvalue weighted by Gasteiger charge is 2.36. The molecule has 1 aromatic rings. The van der Waals surface area contributed by atoms with Crippen LogP contribution in [0.5, 0.6) is 0 Å². The van der Waals surface area contributed by atoms with Crippen LogP contribution < -0.4 is 0 Å². The lowest BCUT2D eigenvalue weighted by Crippen LogP contribution is -2.36. The molecule has 6 heteroatoms. The third-order valence-electron chi connectivity index (χ3n) is 3.78. The Hall–Kier alpha value is -1.06. The highest BCUT2D eigenvalue weighted by Crippen LogP contribution is 2.37. The lowest BCUT2D eigenvalue weighted by Gasteiger charge is -2.24. The second-order valence-corrected chi connectivity index (χ2v) is 7.58. The minimum atomic E-state index is -3.61. The van der Waals surface area contributed by atoms with Crippen LogP contribution in [0.25, 0.3) is 0 Å². The maximum absolute atomic E-state index is 12.6. The van der Waals surface area contributed by atoms with Crippen molar-refractivity contribution >= 4 is 21.6 Å². The number of rotatable bonds is 4. The first-order valence-electron chi connectivity index (χ1n) is 6.75. The van der Waals surface area contributed by atoms with Gasteiger partial charge in [-0.1, -0.05) is 23.4 Å². The third-order valence-corrected chi connectivity index (χ3v) is 6.21. The van der Waals surface area contributed by atoms with Gasteiger partial charge in [0, 0.05) is 18.7 Å². The van der Waals surface area contributed by atoms with Crippen molar-refractivity contribution in [2.75, 3.05) is 13.7 Å². The smallest absolute Gasteiger partial charge is 0.244 e. The Morgan fingerprint density at radius 2 is 2.14 bits per heavy atom. The van der Waals surface area contributed by atoms with Crippen LogP contribution in [0.3, 0.4) is 0 Å². The molecule has 114 valence electrons. The molecule has 0 saturated heterocycles. The molecule has 1 atom stereocenters. The summed E-state index contributed by atoms with van der Waals surface area (Å²) in [5.41, 5.74) is 0.575. The maximum Gasteiger partial charge on any atom is 0.244 e. The molecule has 0 amide bonds. The summed E-state index contributed by atoms with van der Waals surface area (Å²) in [5, 5.41) is 8.81. The van der Waals surface area contributed by atoms with Gasteiger partial charge in [-0.3, -0.25) is 0 Å². The summed E-state index contributed by atoms with van der Waals surface area (Å²) in [6.45, 7) is 1.67. The number of hydrogen-bond acceptors (Lipinski definition) is 3. The van der Waals surface area contributed by atoms with Gasteiger partial charge < -0.3 is 5.11 Å². The molecule has 21 heavy (non-hydrogen) atoms. The third kappa shape index (κ3) is 3.58. The first kappa shape index (κ1) is 16.3. The molecule has 0 radical (unpaired) electrons. The largest absolute Gasteiger partial charge is 0.384 e. The highest BCUT2D eigenvalue weighted by atomic mass is 35.5. The van der Waals surface area contributed by atoms with Crippen LogP contribution in [0.15, 0.2) is 23.1 Å². The van der Waals surface area contributed by atoms with Crippen LogP contribution in [0, 0.1) is 17.8 Å². The summed E-state index contributed by atoms with van der Waals surface area (Å²) in [7, 11) is -2.02. The fraction of sp³-hybridized carbons (Fsp3) is 0.467. The zero-order valence-electron chi connectivity index (χ0n) is 12.0. The van der Waals surface area contributed by atoms with E-state index in [0.29, 0.717) is 11.5 Å². The van der Waals surface area contributed by atoms with E-state index >= 15 is 0 Å². The summed E-state index contributed by atoms with van der Waals surface area (Å²) in [6.07, 6.45) is 2.15. The average Bonchev–Trinajstić information content (AvgIpc) is 3.27. The summed E-state index contributed by atoms with van der Waals surface area (Å²) < 4.78 is 26.6. The molecule has 1 saturated carbocycles. The molecule has 0 heterocycles. The predicted molar refractivity (Wildman–Crippen MR) is 82.6 cm³/mol. The molecule has 0 bridgehead atoms. The van der Waals surface area contributed by atoms with E-state index in [1.807, 2.05) is 6.92 Å². The predicted octanol–water partition coefficient (Wildman–Crippen LogP) is 2.10. The van der Waals surface area contributed by atoms with Crippen molar-refractivity contribution in [3.63, 3.8) is 0 Å². The minimum absolute atomic E-state index is 0.0278. The second kappa shape index (κ2) is 6.37. The van der Waals surface area contributed by atoms with Gasteiger partial charge in [0.15, 0.2) is 0 Å². The molecule has 1 N–H and O–H groups in total. The van der Waals surface area contributed by atoms with Gasteiger partial charge in [-0.15, -0.1) is 0 Å². The second-order valence-electron chi connectivity index (χ2n) is 5.20. The quantitative estimate of drug-likeness (QED) is 0.862. The maximum atomic E-state index is 12.6. The molecular weight excluding hydrogens is 310 g/mol. The van der Waals surface area contributed by atoms with Crippen LogP contribution in [0.1, 0.15) is 25.3 Å². The first-order valence-corrected chi connectivity index (χ1v) is 8.57. The molecule has 1 aliphatic carbocycles. The molecule has 1 fully saturated rings. The van der Waals surface area contributed by atoms with Crippen molar-refractivity contribution < 1.29 is 13.5 Å². The van der Waals surface area contributed by atoms with Crippen LogP contribution in [-0.4, -0.2) is 37.5 Å². The monoisotopic (exact) mass is 327 g/mol. The van der Waals surface area contributed by atoms with Crippen molar-refractivity contribution in [2.45, 2.75) is 30.7 Å². The number of benzene rings is 1. The number of aliphatic hydroxyl groups is 1. The molecule has 1 unspecified atom stereocenters. The van der Waals surface area contributed by atoms with E-state index in [-0.39, 0.29) is 22.6 Å². The molecule has 4 nitrogen and oxygen atoms in total. The van der Waals surface area contributed by atoms with E-state index in [2.05, 4.69) is 11.8 Å².